The van der Waals surface area contributed by atoms with Gasteiger partial charge in [-0.3, -0.25) is 0 Å². The van der Waals surface area contributed by atoms with Gasteiger partial charge in [0.05, 0.1) is 7.11 Å². The van der Waals surface area contributed by atoms with Crippen LogP contribution in [0.15, 0.2) is 29.0 Å². The Morgan fingerprint density at radius 3 is 2.94 bits per heavy atom. The van der Waals surface area contributed by atoms with Crippen LogP contribution < -0.4 is 4.72 Å². The summed E-state index contributed by atoms with van der Waals surface area (Å²) in [5, 5.41) is 1.54. The summed E-state index contributed by atoms with van der Waals surface area (Å²) in [6.07, 6.45) is 2.13. The summed E-state index contributed by atoms with van der Waals surface area (Å²) in [7, 11) is -2.45. The molecule has 94 valence electrons. The van der Waals surface area contributed by atoms with E-state index in [4.69, 9.17) is 0 Å². The molecule has 0 saturated heterocycles. The molecule has 7 heteroatoms. The molecule has 0 fully saturated rings. The van der Waals surface area contributed by atoms with Gasteiger partial charge in [0, 0.05) is 6.54 Å². The highest BCUT2D eigenvalue weighted by Gasteiger charge is 2.23. The predicted octanol–water partition coefficient (Wildman–Crippen LogP) is 1.39. The summed E-state index contributed by atoms with van der Waals surface area (Å²) in [6, 6.07) is 1.38. The molecule has 0 spiro atoms. The molecule has 1 rings (SSSR count). The Morgan fingerprint density at radius 1 is 1.65 bits per heavy atom. The van der Waals surface area contributed by atoms with E-state index < -0.39 is 16.0 Å². The summed E-state index contributed by atoms with van der Waals surface area (Å²) < 4.78 is 30.6. The van der Waals surface area contributed by atoms with Gasteiger partial charge in [-0.05, 0) is 17.9 Å². The number of esters is 1. The van der Waals surface area contributed by atoms with Gasteiger partial charge in [0.25, 0.3) is 0 Å². The Hall–Kier alpha value is -1.18. The fourth-order valence-electron chi connectivity index (χ4n) is 1.12. The zero-order valence-electron chi connectivity index (χ0n) is 9.30. The van der Waals surface area contributed by atoms with Crippen molar-refractivity contribution in [3.8, 4) is 0 Å². The van der Waals surface area contributed by atoms with E-state index in [1.807, 2.05) is 0 Å². The van der Waals surface area contributed by atoms with Crippen LogP contribution in [0.4, 0.5) is 0 Å². The molecule has 1 aromatic rings. The van der Waals surface area contributed by atoms with Gasteiger partial charge in [0.2, 0.25) is 10.0 Å². The lowest BCUT2D eigenvalue weighted by Gasteiger charge is -2.05. The molecule has 0 aliphatic rings. The number of methoxy groups -OCH3 is 1. The fraction of sp³-hybridized carbons (Fsp3) is 0.300. The van der Waals surface area contributed by atoms with Gasteiger partial charge in [0.1, 0.15) is 9.77 Å². The molecule has 1 heterocycles. The van der Waals surface area contributed by atoms with Gasteiger partial charge in [-0.15, -0.1) is 17.9 Å². The number of ether oxygens (including phenoxy) is 1. The van der Waals surface area contributed by atoms with Gasteiger partial charge in [0.15, 0.2) is 0 Å². The molecule has 0 atom stereocenters. The zero-order valence-corrected chi connectivity index (χ0v) is 10.9. The van der Waals surface area contributed by atoms with Crippen LogP contribution in [0.25, 0.3) is 0 Å². The number of carbonyl (C=O) groups is 1. The quantitative estimate of drug-likeness (QED) is 0.484. The fourth-order valence-corrected chi connectivity index (χ4v) is 3.50. The van der Waals surface area contributed by atoms with E-state index in [1.165, 1.54) is 18.6 Å². The zero-order chi connectivity index (χ0) is 12.9. The Morgan fingerprint density at radius 2 is 2.35 bits per heavy atom. The maximum absolute atomic E-state index is 11.9. The van der Waals surface area contributed by atoms with E-state index in [-0.39, 0.29) is 16.3 Å². The highest BCUT2D eigenvalue weighted by Crippen LogP contribution is 2.22. The second kappa shape index (κ2) is 5.95. The molecule has 0 bridgehead atoms. The number of carbonyl (C=O) groups excluding carboxylic acids is 1. The lowest BCUT2D eigenvalue weighted by molar-refractivity contribution is 0.0602. The third-order valence-corrected chi connectivity index (χ3v) is 4.46. The minimum absolute atomic E-state index is 0.0431. The number of sulfonamides is 1. The third kappa shape index (κ3) is 3.39. The average Bonchev–Trinajstić information content (AvgIpc) is 2.78. The van der Waals surface area contributed by atoms with Crippen molar-refractivity contribution >= 4 is 27.3 Å². The summed E-state index contributed by atoms with van der Waals surface area (Å²) >= 11 is 1.03. The normalized spacial score (nSPS) is 11.1. The van der Waals surface area contributed by atoms with E-state index in [2.05, 4.69) is 16.0 Å². The SMILES string of the molecule is C=CCCNS(=O)(=O)c1ccsc1C(=O)OC. The molecule has 0 aliphatic carbocycles. The number of nitrogens with one attached hydrogen (secondary N) is 1. The Labute approximate surface area is 104 Å². The lowest BCUT2D eigenvalue weighted by Crippen LogP contribution is -2.25. The molecule has 0 amide bonds. The van der Waals surface area contributed by atoms with Crippen LogP contribution in [0.3, 0.4) is 0 Å². The monoisotopic (exact) mass is 275 g/mol. The van der Waals surface area contributed by atoms with Crippen molar-refractivity contribution in [1.29, 1.82) is 0 Å². The molecule has 0 unspecified atom stereocenters. The second-order valence-corrected chi connectivity index (χ2v) is 5.73. The largest absolute Gasteiger partial charge is 0.465 e. The standard InChI is InChI=1S/C10H13NO4S2/c1-3-4-6-11-17(13,14)8-5-7-16-9(8)10(12)15-2/h3,5,7,11H,1,4,6H2,2H3. The van der Waals surface area contributed by atoms with Gasteiger partial charge in [-0.25, -0.2) is 17.9 Å². The van der Waals surface area contributed by atoms with E-state index in [9.17, 15) is 13.2 Å². The van der Waals surface area contributed by atoms with E-state index in [1.54, 1.807) is 6.08 Å². The molecule has 1 aromatic heterocycles. The highest BCUT2D eigenvalue weighted by atomic mass is 32.2. The maximum Gasteiger partial charge on any atom is 0.349 e. The molecule has 0 aliphatic heterocycles. The Bertz CT molecular complexity index is 504. The van der Waals surface area contributed by atoms with Gasteiger partial charge in [-0.1, -0.05) is 6.08 Å². The number of hydrogen-bond donors (Lipinski definition) is 1. The Balaban J connectivity index is 2.95. The van der Waals surface area contributed by atoms with Gasteiger partial charge >= 0.3 is 5.97 Å². The topological polar surface area (TPSA) is 72.5 Å². The van der Waals surface area contributed by atoms with Crippen LogP contribution >= 0.6 is 11.3 Å². The van der Waals surface area contributed by atoms with E-state index in [0.717, 1.165) is 11.3 Å². The molecule has 0 aromatic carbocycles. The van der Waals surface area contributed by atoms with Crippen LogP contribution in [0.1, 0.15) is 16.1 Å². The van der Waals surface area contributed by atoms with E-state index in [0.29, 0.717) is 6.42 Å². The number of rotatable bonds is 6. The first kappa shape index (κ1) is 13.9. The predicted molar refractivity (Wildman–Crippen MR) is 65.7 cm³/mol. The first-order valence-corrected chi connectivity index (χ1v) is 7.15. The van der Waals surface area contributed by atoms with Crippen molar-refractivity contribution in [2.45, 2.75) is 11.3 Å². The van der Waals surface area contributed by atoms with Gasteiger partial charge in [-0.2, -0.15) is 0 Å². The van der Waals surface area contributed by atoms with Crippen LogP contribution in [-0.2, 0) is 14.8 Å². The molecular weight excluding hydrogens is 262 g/mol. The average molecular weight is 275 g/mol. The molecule has 1 N–H and O–H groups in total. The minimum Gasteiger partial charge on any atom is -0.465 e. The van der Waals surface area contributed by atoms with Crippen LogP contribution in [0.5, 0.6) is 0 Å². The molecule has 5 nitrogen and oxygen atoms in total. The van der Waals surface area contributed by atoms with Gasteiger partial charge < -0.3 is 4.74 Å². The van der Waals surface area contributed by atoms with Crippen LogP contribution in [0, 0.1) is 0 Å². The smallest absolute Gasteiger partial charge is 0.349 e. The number of thiophene rings is 1. The maximum atomic E-state index is 11.9. The minimum atomic E-state index is -3.66. The highest BCUT2D eigenvalue weighted by molar-refractivity contribution is 7.89. The molecular formula is C10H13NO4S2. The molecule has 0 radical (unpaired) electrons. The van der Waals surface area contributed by atoms with Crippen molar-refractivity contribution in [3.63, 3.8) is 0 Å². The van der Waals surface area contributed by atoms with Crippen molar-refractivity contribution < 1.29 is 17.9 Å². The van der Waals surface area contributed by atoms with Crippen molar-refractivity contribution in [2.24, 2.45) is 0 Å². The van der Waals surface area contributed by atoms with Crippen LogP contribution in [-0.4, -0.2) is 28.0 Å². The summed E-state index contributed by atoms with van der Waals surface area (Å²) in [4.78, 5) is 11.4. The molecule has 17 heavy (non-hydrogen) atoms. The first-order chi connectivity index (χ1) is 8.03. The van der Waals surface area contributed by atoms with Crippen molar-refractivity contribution in [2.75, 3.05) is 13.7 Å². The summed E-state index contributed by atoms with van der Waals surface area (Å²) in [5.41, 5.74) is 0. The third-order valence-electron chi connectivity index (χ3n) is 1.93. The Kier molecular flexibility index (Phi) is 4.86. The summed E-state index contributed by atoms with van der Waals surface area (Å²) in [5.74, 6) is -0.649. The first-order valence-electron chi connectivity index (χ1n) is 4.79. The van der Waals surface area contributed by atoms with Crippen LogP contribution in [0.2, 0.25) is 0 Å². The molecule has 0 saturated carbocycles. The van der Waals surface area contributed by atoms with Crippen molar-refractivity contribution in [1.82, 2.24) is 4.72 Å². The number of hydrogen-bond acceptors (Lipinski definition) is 5. The van der Waals surface area contributed by atoms with Crippen molar-refractivity contribution in [3.05, 3.63) is 29.0 Å². The summed E-state index contributed by atoms with van der Waals surface area (Å²) in [6.45, 7) is 3.75. The second-order valence-electron chi connectivity index (χ2n) is 3.08. The lowest BCUT2D eigenvalue weighted by atomic mass is 10.4. The van der Waals surface area contributed by atoms with E-state index >= 15 is 0 Å².